The quantitative estimate of drug-likeness (QED) is 0.866. The van der Waals surface area contributed by atoms with Crippen LogP contribution >= 0.6 is 0 Å². The summed E-state index contributed by atoms with van der Waals surface area (Å²) in [5.74, 6) is -1.17. The van der Waals surface area contributed by atoms with Crippen molar-refractivity contribution in [3.63, 3.8) is 0 Å². The van der Waals surface area contributed by atoms with Crippen LogP contribution in [0.4, 0.5) is 4.39 Å². The van der Waals surface area contributed by atoms with Gasteiger partial charge in [-0.25, -0.2) is 4.39 Å². The average Bonchev–Trinajstić information content (AvgIpc) is 2.96. The molecule has 4 N–H and O–H groups in total. The van der Waals surface area contributed by atoms with Crippen LogP contribution in [-0.2, 0) is 22.6 Å². The maximum absolute atomic E-state index is 13.7. The molecule has 0 bridgehead atoms. The van der Waals surface area contributed by atoms with E-state index in [1.54, 1.807) is 24.3 Å². The van der Waals surface area contributed by atoms with Crippen LogP contribution in [0, 0.1) is 5.82 Å². The van der Waals surface area contributed by atoms with Gasteiger partial charge < -0.3 is 16.4 Å². The number of hydrogen-bond acceptors (Lipinski definition) is 3. The van der Waals surface area contributed by atoms with Gasteiger partial charge in [0.1, 0.15) is 11.9 Å². The molecule has 0 aliphatic carbocycles. The largest absolute Gasteiger partial charge is 0.368 e. The lowest BCUT2D eigenvalue weighted by molar-refractivity contribution is -0.139. The SMILES string of the molecule is NC(=O)C1c2ccccc2CN1C(=O)CC(N)Cc1ccccc1F. The van der Waals surface area contributed by atoms with Crippen LogP contribution in [0.25, 0.3) is 0 Å². The summed E-state index contributed by atoms with van der Waals surface area (Å²) < 4.78 is 13.7. The Kier molecular flexibility index (Phi) is 4.81. The van der Waals surface area contributed by atoms with Crippen LogP contribution in [-0.4, -0.2) is 22.8 Å². The zero-order valence-electron chi connectivity index (χ0n) is 13.7. The molecule has 1 heterocycles. The smallest absolute Gasteiger partial charge is 0.244 e. The Morgan fingerprint density at radius 3 is 2.56 bits per heavy atom. The number of halogens is 1. The number of benzene rings is 2. The Balaban J connectivity index is 1.71. The molecule has 0 saturated heterocycles. The molecule has 1 aliphatic heterocycles. The lowest BCUT2D eigenvalue weighted by atomic mass is 10.0. The van der Waals surface area contributed by atoms with Gasteiger partial charge in [-0.2, -0.15) is 0 Å². The summed E-state index contributed by atoms with van der Waals surface area (Å²) in [6, 6.07) is 12.4. The van der Waals surface area contributed by atoms with E-state index in [0.29, 0.717) is 12.1 Å². The standard InChI is InChI=1S/C19H20FN3O2/c20-16-8-4-2-5-12(16)9-14(21)10-17(24)23-11-13-6-1-3-7-15(13)18(23)19(22)25/h1-8,14,18H,9-11,21H2,(H2,22,25). The Morgan fingerprint density at radius 1 is 1.16 bits per heavy atom. The molecule has 3 rings (SSSR count). The van der Waals surface area contributed by atoms with E-state index in [9.17, 15) is 14.0 Å². The molecule has 1 aliphatic rings. The summed E-state index contributed by atoms with van der Waals surface area (Å²) in [5.41, 5.74) is 13.7. The van der Waals surface area contributed by atoms with Gasteiger partial charge in [0.2, 0.25) is 11.8 Å². The first-order valence-electron chi connectivity index (χ1n) is 8.13. The second-order valence-electron chi connectivity index (χ2n) is 6.29. The third-order valence-corrected chi connectivity index (χ3v) is 4.47. The van der Waals surface area contributed by atoms with Crippen molar-refractivity contribution in [3.8, 4) is 0 Å². The molecular formula is C19H20FN3O2. The van der Waals surface area contributed by atoms with Gasteiger partial charge in [-0.15, -0.1) is 0 Å². The van der Waals surface area contributed by atoms with Gasteiger partial charge in [-0.1, -0.05) is 42.5 Å². The highest BCUT2D eigenvalue weighted by atomic mass is 19.1. The second-order valence-corrected chi connectivity index (χ2v) is 6.29. The molecule has 2 amide bonds. The fourth-order valence-corrected chi connectivity index (χ4v) is 3.29. The number of hydrogen-bond donors (Lipinski definition) is 2. The summed E-state index contributed by atoms with van der Waals surface area (Å²) in [6.45, 7) is 0.328. The van der Waals surface area contributed by atoms with Crippen molar-refractivity contribution in [2.45, 2.75) is 31.5 Å². The lowest BCUT2D eigenvalue weighted by Crippen LogP contribution is -2.40. The zero-order chi connectivity index (χ0) is 18.0. The maximum atomic E-state index is 13.7. The molecule has 130 valence electrons. The van der Waals surface area contributed by atoms with E-state index in [4.69, 9.17) is 11.5 Å². The highest BCUT2D eigenvalue weighted by Gasteiger charge is 2.37. The van der Waals surface area contributed by atoms with Crippen molar-refractivity contribution in [2.24, 2.45) is 11.5 Å². The number of fused-ring (bicyclic) bond motifs is 1. The van der Waals surface area contributed by atoms with Crippen molar-refractivity contribution in [3.05, 3.63) is 71.0 Å². The third kappa shape index (κ3) is 3.53. The molecule has 2 aromatic rings. The van der Waals surface area contributed by atoms with Gasteiger partial charge in [-0.3, -0.25) is 9.59 Å². The average molecular weight is 341 g/mol. The zero-order valence-corrected chi connectivity index (χ0v) is 13.7. The molecule has 6 heteroatoms. The second kappa shape index (κ2) is 7.03. The topological polar surface area (TPSA) is 89.4 Å². The molecule has 25 heavy (non-hydrogen) atoms. The van der Waals surface area contributed by atoms with Gasteiger partial charge in [-0.05, 0) is 29.2 Å². The van der Waals surface area contributed by atoms with Crippen molar-refractivity contribution >= 4 is 11.8 Å². The summed E-state index contributed by atoms with van der Waals surface area (Å²) in [6.07, 6.45) is 0.270. The molecule has 0 fully saturated rings. The molecule has 5 nitrogen and oxygen atoms in total. The number of carbonyl (C=O) groups excluding carboxylic acids is 2. The van der Waals surface area contributed by atoms with Crippen LogP contribution < -0.4 is 11.5 Å². The van der Waals surface area contributed by atoms with Crippen LogP contribution in [0.15, 0.2) is 48.5 Å². The molecule has 0 aromatic heterocycles. The van der Waals surface area contributed by atoms with Crippen molar-refractivity contribution in [2.75, 3.05) is 0 Å². The normalized spacial score (nSPS) is 17.2. The highest BCUT2D eigenvalue weighted by molar-refractivity contribution is 5.89. The van der Waals surface area contributed by atoms with Crippen molar-refractivity contribution in [1.82, 2.24) is 4.90 Å². The summed E-state index contributed by atoms with van der Waals surface area (Å²) in [4.78, 5) is 26.0. The fourth-order valence-electron chi connectivity index (χ4n) is 3.29. The Hall–Kier alpha value is -2.73. The summed E-state index contributed by atoms with van der Waals surface area (Å²) in [5, 5.41) is 0. The van der Waals surface area contributed by atoms with Gasteiger partial charge >= 0.3 is 0 Å². The van der Waals surface area contributed by atoms with Gasteiger partial charge in [0.15, 0.2) is 0 Å². The molecule has 0 spiro atoms. The minimum Gasteiger partial charge on any atom is -0.368 e. The number of nitrogens with two attached hydrogens (primary N) is 2. The maximum Gasteiger partial charge on any atom is 0.244 e. The number of amides is 2. The molecule has 0 saturated carbocycles. The molecule has 2 unspecified atom stereocenters. The predicted octanol–water partition coefficient (Wildman–Crippen LogP) is 1.65. The lowest BCUT2D eigenvalue weighted by Gasteiger charge is -2.24. The van der Waals surface area contributed by atoms with E-state index in [1.807, 2.05) is 18.2 Å². The molecule has 2 aromatic carbocycles. The number of primary amides is 1. The van der Waals surface area contributed by atoms with Crippen molar-refractivity contribution in [1.29, 1.82) is 0 Å². The van der Waals surface area contributed by atoms with E-state index in [-0.39, 0.29) is 24.6 Å². The van der Waals surface area contributed by atoms with Gasteiger partial charge in [0.05, 0.1) is 0 Å². The van der Waals surface area contributed by atoms with E-state index >= 15 is 0 Å². The number of rotatable bonds is 5. The highest BCUT2D eigenvalue weighted by Crippen LogP contribution is 2.33. The first kappa shape index (κ1) is 17.1. The van der Waals surface area contributed by atoms with Crippen LogP contribution in [0.2, 0.25) is 0 Å². The van der Waals surface area contributed by atoms with Crippen LogP contribution in [0.1, 0.15) is 29.2 Å². The first-order chi connectivity index (χ1) is 12.0. The Bertz CT molecular complexity index is 809. The Labute approximate surface area is 145 Å². The van der Waals surface area contributed by atoms with E-state index < -0.39 is 18.0 Å². The van der Waals surface area contributed by atoms with Gasteiger partial charge in [0, 0.05) is 19.0 Å². The molecule has 0 radical (unpaired) electrons. The van der Waals surface area contributed by atoms with Crippen LogP contribution in [0.3, 0.4) is 0 Å². The van der Waals surface area contributed by atoms with E-state index in [0.717, 1.165) is 11.1 Å². The van der Waals surface area contributed by atoms with Crippen LogP contribution in [0.5, 0.6) is 0 Å². The minimum absolute atomic E-state index is 0.0199. The molecule has 2 atom stereocenters. The molecular weight excluding hydrogens is 321 g/mol. The van der Waals surface area contributed by atoms with E-state index in [1.165, 1.54) is 11.0 Å². The minimum atomic E-state index is -0.774. The fraction of sp³-hybridized carbons (Fsp3) is 0.263. The Morgan fingerprint density at radius 2 is 1.84 bits per heavy atom. The predicted molar refractivity (Wildman–Crippen MR) is 91.6 cm³/mol. The van der Waals surface area contributed by atoms with Gasteiger partial charge in [0.25, 0.3) is 0 Å². The first-order valence-corrected chi connectivity index (χ1v) is 8.13. The van der Waals surface area contributed by atoms with E-state index in [2.05, 4.69) is 0 Å². The van der Waals surface area contributed by atoms with Crippen molar-refractivity contribution < 1.29 is 14.0 Å². The number of nitrogens with zero attached hydrogens (tertiary/aromatic N) is 1. The number of carbonyl (C=O) groups is 2. The third-order valence-electron chi connectivity index (χ3n) is 4.47. The monoisotopic (exact) mass is 341 g/mol. The summed E-state index contributed by atoms with van der Waals surface area (Å²) in [7, 11) is 0. The summed E-state index contributed by atoms with van der Waals surface area (Å²) >= 11 is 0.